The maximum Gasteiger partial charge on any atom is 0.487 e. The van der Waals surface area contributed by atoms with Crippen LogP contribution in [0.2, 0.25) is 0 Å². The predicted octanol–water partition coefficient (Wildman–Crippen LogP) is 5.76. The summed E-state index contributed by atoms with van der Waals surface area (Å²) < 4.78 is 89.2. The van der Waals surface area contributed by atoms with Crippen molar-refractivity contribution in [3.63, 3.8) is 0 Å². The quantitative estimate of drug-likeness (QED) is 0.480. The van der Waals surface area contributed by atoms with Crippen molar-refractivity contribution in [2.24, 2.45) is 0 Å². The van der Waals surface area contributed by atoms with Crippen LogP contribution in [0.25, 0.3) is 5.57 Å². The van der Waals surface area contributed by atoms with E-state index in [-0.39, 0.29) is 17.2 Å². The van der Waals surface area contributed by atoms with E-state index in [1.54, 1.807) is 27.7 Å². The van der Waals surface area contributed by atoms with Gasteiger partial charge in [0.25, 0.3) is 0 Å². The summed E-state index contributed by atoms with van der Waals surface area (Å²) in [5.41, 5.74) is -4.05. The number of alkyl halides is 6. The first kappa shape index (κ1) is 20.8. The average Bonchev–Trinajstić information content (AvgIpc) is 2.63. The van der Waals surface area contributed by atoms with E-state index in [0.29, 0.717) is 12.1 Å². The lowest BCUT2D eigenvalue weighted by Crippen LogP contribution is -2.41. The van der Waals surface area contributed by atoms with Crippen molar-refractivity contribution in [1.82, 2.24) is 0 Å². The molecule has 1 aromatic rings. The molecule has 1 heterocycles. The Bertz CT molecular complexity index is 671. The highest BCUT2D eigenvalue weighted by molar-refractivity contribution is 6.53. The molecule has 2 rings (SSSR count). The molecule has 1 aliphatic heterocycles. The Labute approximate surface area is 148 Å². The molecule has 0 amide bonds. The summed E-state index contributed by atoms with van der Waals surface area (Å²) in [4.78, 5) is 0. The van der Waals surface area contributed by atoms with Gasteiger partial charge in [-0.05, 0) is 58.4 Å². The van der Waals surface area contributed by atoms with Gasteiger partial charge in [0.05, 0.1) is 22.3 Å². The second kappa shape index (κ2) is 6.30. The van der Waals surface area contributed by atoms with E-state index in [2.05, 4.69) is 0 Å². The van der Waals surface area contributed by atoms with E-state index in [9.17, 15) is 26.3 Å². The molecule has 1 aliphatic rings. The zero-order chi connectivity index (χ0) is 20.1. The van der Waals surface area contributed by atoms with Gasteiger partial charge in [0.2, 0.25) is 0 Å². The van der Waals surface area contributed by atoms with Crippen LogP contribution in [0.15, 0.2) is 24.2 Å². The van der Waals surface area contributed by atoms with Crippen LogP contribution in [-0.4, -0.2) is 18.3 Å². The van der Waals surface area contributed by atoms with Crippen molar-refractivity contribution >= 4 is 12.7 Å². The molecule has 26 heavy (non-hydrogen) atoms. The van der Waals surface area contributed by atoms with Crippen molar-refractivity contribution in [2.45, 2.75) is 58.2 Å². The monoisotopic (exact) mass is 380 g/mol. The van der Waals surface area contributed by atoms with Crippen LogP contribution in [0.3, 0.4) is 0 Å². The number of hydrogen-bond acceptors (Lipinski definition) is 2. The first-order chi connectivity index (χ1) is 11.5. The van der Waals surface area contributed by atoms with E-state index in [1.807, 2.05) is 0 Å². The molecule has 1 aromatic carbocycles. The Kier molecular flexibility index (Phi) is 5.05. The molecule has 1 fully saturated rings. The molecule has 0 aromatic heterocycles. The van der Waals surface area contributed by atoms with Gasteiger partial charge in [0.1, 0.15) is 0 Å². The molecule has 2 nitrogen and oxygen atoms in total. The molecule has 0 N–H and O–H groups in total. The molecule has 144 valence electrons. The smallest absolute Gasteiger partial charge is 0.400 e. The second-order valence-corrected chi connectivity index (χ2v) is 7.27. The largest absolute Gasteiger partial charge is 0.487 e. The maximum absolute atomic E-state index is 13.0. The third kappa shape index (κ3) is 4.25. The molecule has 0 atom stereocenters. The Balaban J connectivity index is 2.44. The third-order valence-corrected chi connectivity index (χ3v) is 4.70. The lowest BCUT2D eigenvalue weighted by atomic mass is 9.85. The fraction of sp³-hybridized carbons (Fsp3) is 0.529. The number of rotatable bonds is 2. The van der Waals surface area contributed by atoms with Gasteiger partial charge in [-0.2, -0.15) is 26.3 Å². The molecule has 9 heteroatoms. The Morgan fingerprint density at radius 1 is 0.846 bits per heavy atom. The van der Waals surface area contributed by atoms with Crippen molar-refractivity contribution in [3.05, 3.63) is 40.9 Å². The lowest BCUT2D eigenvalue weighted by molar-refractivity contribution is -0.143. The summed E-state index contributed by atoms with van der Waals surface area (Å²) >= 11 is 0. The highest BCUT2D eigenvalue weighted by atomic mass is 19.4. The van der Waals surface area contributed by atoms with Gasteiger partial charge in [-0.3, -0.25) is 0 Å². The van der Waals surface area contributed by atoms with Crippen molar-refractivity contribution < 1.29 is 35.7 Å². The van der Waals surface area contributed by atoms with Crippen LogP contribution in [-0.2, 0) is 21.7 Å². The van der Waals surface area contributed by atoms with E-state index in [4.69, 9.17) is 9.31 Å². The van der Waals surface area contributed by atoms with Gasteiger partial charge in [-0.15, -0.1) is 0 Å². The van der Waals surface area contributed by atoms with E-state index >= 15 is 0 Å². The summed E-state index contributed by atoms with van der Waals surface area (Å²) in [7, 11) is -0.871. The molecule has 0 bridgehead atoms. The minimum absolute atomic E-state index is 0.103. The van der Waals surface area contributed by atoms with Gasteiger partial charge in [-0.25, -0.2) is 0 Å². The lowest BCUT2D eigenvalue weighted by Gasteiger charge is -2.32. The molecule has 0 saturated carbocycles. The van der Waals surface area contributed by atoms with Crippen LogP contribution < -0.4 is 0 Å². The maximum atomic E-state index is 13.0. The SMILES string of the molecule is C/C(=C\B1OC(C)(C)C(C)(C)O1)c1cc(C(F)(F)F)cc(C(F)(F)F)c1. The van der Waals surface area contributed by atoms with Crippen molar-refractivity contribution in [1.29, 1.82) is 0 Å². The van der Waals surface area contributed by atoms with Crippen LogP contribution in [0.5, 0.6) is 0 Å². The first-order valence-electron chi connectivity index (χ1n) is 7.87. The summed E-state index contributed by atoms with van der Waals surface area (Å²) in [5.74, 6) is 1.38. The van der Waals surface area contributed by atoms with E-state index in [0.717, 1.165) is 0 Å². The number of allylic oxidation sites excluding steroid dienone is 1. The number of benzene rings is 1. The fourth-order valence-electron chi connectivity index (χ4n) is 2.44. The molecule has 0 aliphatic carbocycles. The molecule has 0 spiro atoms. The van der Waals surface area contributed by atoms with E-state index < -0.39 is 41.8 Å². The van der Waals surface area contributed by atoms with E-state index in [1.165, 1.54) is 12.9 Å². The zero-order valence-electron chi connectivity index (χ0n) is 15.0. The summed E-state index contributed by atoms with van der Waals surface area (Å²) in [6.45, 7) is 8.59. The number of hydrogen-bond donors (Lipinski definition) is 0. The summed E-state index contributed by atoms with van der Waals surface area (Å²) in [5, 5.41) is 0. The minimum Gasteiger partial charge on any atom is -0.400 e. The summed E-state index contributed by atoms with van der Waals surface area (Å²) in [6, 6.07) is 1.48. The van der Waals surface area contributed by atoms with Crippen LogP contribution >= 0.6 is 0 Å². The van der Waals surface area contributed by atoms with Gasteiger partial charge in [0.15, 0.2) is 0 Å². The number of halogens is 6. The molecule has 0 unspecified atom stereocenters. The Hall–Kier alpha value is -1.48. The molecule has 0 radical (unpaired) electrons. The fourth-order valence-corrected chi connectivity index (χ4v) is 2.44. The minimum atomic E-state index is -4.89. The zero-order valence-corrected chi connectivity index (χ0v) is 15.0. The first-order valence-corrected chi connectivity index (χ1v) is 7.87. The predicted molar refractivity (Wildman–Crippen MR) is 86.2 cm³/mol. The van der Waals surface area contributed by atoms with Gasteiger partial charge in [0, 0.05) is 0 Å². The van der Waals surface area contributed by atoms with Gasteiger partial charge in [-0.1, -0.05) is 11.5 Å². The highest BCUT2D eigenvalue weighted by Crippen LogP contribution is 2.39. The molecular weight excluding hydrogens is 361 g/mol. The molecule has 1 saturated heterocycles. The van der Waals surface area contributed by atoms with Crippen molar-refractivity contribution in [3.8, 4) is 0 Å². The average molecular weight is 380 g/mol. The van der Waals surface area contributed by atoms with Crippen LogP contribution in [0, 0.1) is 0 Å². The normalized spacial score (nSPS) is 20.6. The van der Waals surface area contributed by atoms with Crippen LogP contribution in [0.1, 0.15) is 51.3 Å². The highest BCUT2D eigenvalue weighted by Gasteiger charge is 2.50. The molecular formula is C17H19BF6O2. The topological polar surface area (TPSA) is 18.5 Å². The standard InChI is InChI=1S/C17H19BF6O2/c1-10(9-18-25-14(2,3)15(4,5)26-18)11-6-12(16(19,20)21)8-13(7-11)17(22,23)24/h6-9H,1-5H3/b10-9+. The Morgan fingerprint density at radius 2 is 1.23 bits per heavy atom. The second-order valence-electron chi connectivity index (χ2n) is 7.27. The van der Waals surface area contributed by atoms with Gasteiger partial charge < -0.3 is 9.31 Å². The van der Waals surface area contributed by atoms with Crippen LogP contribution in [0.4, 0.5) is 26.3 Å². The van der Waals surface area contributed by atoms with Gasteiger partial charge >= 0.3 is 19.5 Å². The summed E-state index contributed by atoms with van der Waals surface area (Å²) in [6.07, 6.45) is -9.78. The Morgan fingerprint density at radius 3 is 1.58 bits per heavy atom. The van der Waals surface area contributed by atoms with Crippen molar-refractivity contribution in [2.75, 3.05) is 0 Å². The third-order valence-electron chi connectivity index (χ3n) is 4.70.